The second-order valence-electron chi connectivity index (χ2n) is 3.72. The van der Waals surface area contributed by atoms with Crippen LogP contribution in [-0.2, 0) is 0 Å². The van der Waals surface area contributed by atoms with Gasteiger partial charge in [-0.25, -0.2) is 9.97 Å². The highest BCUT2D eigenvalue weighted by Crippen LogP contribution is 2.02. The lowest BCUT2D eigenvalue weighted by Crippen LogP contribution is -2.38. The molecule has 1 aromatic rings. The number of amides is 1. The van der Waals surface area contributed by atoms with Gasteiger partial charge in [0.25, 0.3) is 5.91 Å². The van der Waals surface area contributed by atoms with E-state index in [-0.39, 0.29) is 23.3 Å². The van der Waals surface area contributed by atoms with E-state index in [4.69, 9.17) is 11.6 Å². The van der Waals surface area contributed by atoms with Gasteiger partial charge in [0.15, 0.2) is 0 Å². The van der Waals surface area contributed by atoms with E-state index < -0.39 is 5.60 Å². The number of nitrogens with one attached hydrogen (secondary N) is 1. The first-order valence-electron chi connectivity index (χ1n) is 4.36. The van der Waals surface area contributed by atoms with E-state index in [1.807, 2.05) is 0 Å². The number of carbonyl (C=O) groups is 1. The summed E-state index contributed by atoms with van der Waals surface area (Å²) in [5.74, 6) is -0.388. The molecule has 15 heavy (non-hydrogen) atoms. The summed E-state index contributed by atoms with van der Waals surface area (Å²) < 4.78 is 0. The van der Waals surface area contributed by atoms with Crippen molar-refractivity contribution < 1.29 is 9.90 Å². The SMILES string of the molecule is CC(C)(O)CNC(=O)c1cnc(Cl)cn1. The highest BCUT2D eigenvalue weighted by Gasteiger charge is 2.15. The Morgan fingerprint density at radius 2 is 2.20 bits per heavy atom. The topological polar surface area (TPSA) is 75.1 Å². The van der Waals surface area contributed by atoms with Gasteiger partial charge in [0.1, 0.15) is 10.8 Å². The molecule has 2 N–H and O–H groups in total. The van der Waals surface area contributed by atoms with Crippen molar-refractivity contribution in [3.05, 3.63) is 23.2 Å². The van der Waals surface area contributed by atoms with E-state index in [1.165, 1.54) is 12.4 Å². The number of aromatic nitrogens is 2. The predicted octanol–water partition coefficient (Wildman–Crippen LogP) is 0.631. The van der Waals surface area contributed by atoms with Gasteiger partial charge in [-0.1, -0.05) is 11.6 Å². The van der Waals surface area contributed by atoms with E-state index in [9.17, 15) is 9.90 Å². The second kappa shape index (κ2) is 4.55. The van der Waals surface area contributed by atoms with Crippen molar-refractivity contribution in [2.45, 2.75) is 19.4 Å². The van der Waals surface area contributed by atoms with Crippen LogP contribution in [0.4, 0.5) is 0 Å². The molecule has 6 heteroatoms. The van der Waals surface area contributed by atoms with Crippen LogP contribution in [-0.4, -0.2) is 33.1 Å². The van der Waals surface area contributed by atoms with E-state index in [2.05, 4.69) is 15.3 Å². The highest BCUT2D eigenvalue weighted by molar-refractivity contribution is 6.29. The maximum absolute atomic E-state index is 11.4. The summed E-state index contributed by atoms with van der Waals surface area (Å²) in [5.41, 5.74) is -0.779. The molecular formula is C9H12ClN3O2. The second-order valence-corrected chi connectivity index (χ2v) is 4.11. The van der Waals surface area contributed by atoms with E-state index in [0.717, 1.165) is 0 Å². The van der Waals surface area contributed by atoms with Crippen molar-refractivity contribution >= 4 is 17.5 Å². The van der Waals surface area contributed by atoms with Crippen LogP contribution in [0.3, 0.4) is 0 Å². The number of aliphatic hydroxyl groups is 1. The van der Waals surface area contributed by atoms with Crippen molar-refractivity contribution in [3.63, 3.8) is 0 Å². The molecule has 5 nitrogen and oxygen atoms in total. The van der Waals surface area contributed by atoms with E-state index >= 15 is 0 Å². The largest absolute Gasteiger partial charge is 0.389 e. The van der Waals surface area contributed by atoms with Crippen LogP contribution in [0, 0.1) is 0 Å². The van der Waals surface area contributed by atoms with Crippen molar-refractivity contribution in [2.75, 3.05) is 6.54 Å². The minimum absolute atomic E-state index is 0.149. The number of hydrogen-bond acceptors (Lipinski definition) is 4. The maximum Gasteiger partial charge on any atom is 0.271 e. The number of carbonyl (C=O) groups excluding carboxylic acids is 1. The van der Waals surface area contributed by atoms with Gasteiger partial charge < -0.3 is 10.4 Å². The predicted molar refractivity (Wildman–Crippen MR) is 55.7 cm³/mol. The fourth-order valence-corrected chi connectivity index (χ4v) is 0.914. The Bertz CT molecular complexity index is 345. The maximum atomic E-state index is 11.4. The van der Waals surface area contributed by atoms with Crippen LogP contribution in [0.15, 0.2) is 12.4 Å². The molecule has 0 fully saturated rings. The quantitative estimate of drug-likeness (QED) is 0.797. The minimum atomic E-state index is -0.949. The lowest BCUT2D eigenvalue weighted by molar-refractivity contribution is 0.0691. The average Bonchev–Trinajstić information content (AvgIpc) is 2.14. The van der Waals surface area contributed by atoms with Gasteiger partial charge >= 0.3 is 0 Å². The normalized spacial score (nSPS) is 11.2. The Kier molecular flexibility index (Phi) is 3.60. The zero-order chi connectivity index (χ0) is 11.5. The van der Waals surface area contributed by atoms with Crippen LogP contribution in [0.1, 0.15) is 24.3 Å². The number of nitrogens with zero attached hydrogens (tertiary/aromatic N) is 2. The Balaban J connectivity index is 2.58. The third-order valence-electron chi connectivity index (χ3n) is 1.53. The molecule has 0 bridgehead atoms. The average molecular weight is 230 g/mol. The minimum Gasteiger partial charge on any atom is -0.389 e. The first kappa shape index (κ1) is 11.9. The first-order chi connectivity index (χ1) is 6.88. The Morgan fingerprint density at radius 3 is 2.67 bits per heavy atom. The van der Waals surface area contributed by atoms with Crippen molar-refractivity contribution in [1.82, 2.24) is 15.3 Å². The molecule has 0 aliphatic heterocycles. The molecule has 0 aromatic carbocycles. The summed E-state index contributed by atoms with van der Waals surface area (Å²) in [6, 6.07) is 0. The van der Waals surface area contributed by atoms with Gasteiger partial charge in [-0.05, 0) is 13.8 Å². The third kappa shape index (κ3) is 4.22. The summed E-state index contributed by atoms with van der Waals surface area (Å²) >= 11 is 5.52. The summed E-state index contributed by atoms with van der Waals surface area (Å²) in [6.07, 6.45) is 2.57. The van der Waals surface area contributed by atoms with Gasteiger partial charge in [-0.2, -0.15) is 0 Å². The number of rotatable bonds is 3. The number of halogens is 1. The zero-order valence-corrected chi connectivity index (χ0v) is 9.25. The third-order valence-corrected chi connectivity index (χ3v) is 1.73. The van der Waals surface area contributed by atoms with Crippen LogP contribution in [0.5, 0.6) is 0 Å². The fourth-order valence-electron chi connectivity index (χ4n) is 0.817. The Labute approximate surface area is 92.5 Å². The van der Waals surface area contributed by atoms with Gasteiger partial charge in [0.2, 0.25) is 0 Å². The van der Waals surface area contributed by atoms with Gasteiger partial charge in [-0.15, -0.1) is 0 Å². The van der Waals surface area contributed by atoms with Gasteiger partial charge in [0, 0.05) is 6.54 Å². The smallest absolute Gasteiger partial charge is 0.271 e. The van der Waals surface area contributed by atoms with Crippen LogP contribution in [0.25, 0.3) is 0 Å². The lowest BCUT2D eigenvalue weighted by Gasteiger charge is -2.17. The molecule has 0 radical (unpaired) electrons. The molecular weight excluding hydrogens is 218 g/mol. The molecule has 1 amide bonds. The number of hydrogen-bond donors (Lipinski definition) is 2. The Morgan fingerprint density at radius 1 is 1.53 bits per heavy atom. The molecule has 1 heterocycles. The van der Waals surface area contributed by atoms with Crippen LogP contribution < -0.4 is 5.32 Å². The van der Waals surface area contributed by atoms with Crippen molar-refractivity contribution in [3.8, 4) is 0 Å². The first-order valence-corrected chi connectivity index (χ1v) is 4.74. The molecule has 0 saturated heterocycles. The van der Waals surface area contributed by atoms with Gasteiger partial charge in [0.05, 0.1) is 18.0 Å². The monoisotopic (exact) mass is 229 g/mol. The summed E-state index contributed by atoms with van der Waals surface area (Å²) in [6.45, 7) is 3.35. The summed E-state index contributed by atoms with van der Waals surface area (Å²) in [5, 5.41) is 12.1. The molecule has 0 unspecified atom stereocenters. The summed E-state index contributed by atoms with van der Waals surface area (Å²) in [4.78, 5) is 18.9. The molecule has 0 aliphatic carbocycles. The Hall–Kier alpha value is -1.20. The van der Waals surface area contributed by atoms with Crippen LogP contribution in [0.2, 0.25) is 5.15 Å². The van der Waals surface area contributed by atoms with Crippen LogP contribution >= 0.6 is 11.6 Å². The standard InChI is InChI=1S/C9H12ClN3O2/c1-9(2,15)5-13-8(14)6-3-12-7(10)4-11-6/h3-4,15H,5H2,1-2H3,(H,13,14). The molecule has 1 rings (SSSR count). The molecule has 82 valence electrons. The fraction of sp³-hybridized carbons (Fsp3) is 0.444. The molecule has 1 aromatic heterocycles. The highest BCUT2D eigenvalue weighted by atomic mass is 35.5. The van der Waals surface area contributed by atoms with Gasteiger partial charge in [-0.3, -0.25) is 4.79 Å². The molecule has 0 aliphatic rings. The van der Waals surface area contributed by atoms with Crippen molar-refractivity contribution in [2.24, 2.45) is 0 Å². The molecule has 0 saturated carbocycles. The van der Waals surface area contributed by atoms with E-state index in [0.29, 0.717) is 0 Å². The zero-order valence-electron chi connectivity index (χ0n) is 8.49. The van der Waals surface area contributed by atoms with E-state index in [1.54, 1.807) is 13.8 Å². The molecule has 0 atom stereocenters. The lowest BCUT2D eigenvalue weighted by atomic mass is 10.1. The van der Waals surface area contributed by atoms with Crippen molar-refractivity contribution in [1.29, 1.82) is 0 Å². The molecule has 0 spiro atoms. The summed E-state index contributed by atoms with van der Waals surface area (Å²) in [7, 11) is 0.